The lowest BCUT2D eigenvalue weighted by molar-refractivity contribution is 0.0695. The number of hydrogen-bond acceptors (Lipinski definition) is 2. The molecule has 2 N–H and O–H groups in total. The summed E-state index contributed by atoms with van der Waals surface area (Å²) in [6.07, 6.45) is 8.37. The summed E-state index contributed by atoms with van der Waals surface area (Å²) < 4.78 is 0. The molecule has 0 saturated carbocycles. The van der Waals surface area contributed by atoms with Gasteiger partial charge in [0, 0.05) is 0 Å². The van der Waals surface area contributed by atoms with Crippen molar-refractivity contribution in [3.8, 4) is 0 Å². The van der Waals surface area contributed by atoms with Crippen molar-refractivity contribution in [2.75, 3.05) is 13.1 Å². The van der Waals surface area contributed by atoms with Gasteiger partial charge in [-0.25, -0.2) is 4.79 Å². The molecule has 0 amide bonds. The minimum absolute atomic E-state index is 0.442. The molecule has 0 bridgehead atoms. The van der Waals surface area contributed by atoms with E-state index in [2.05, 4.69) is 12.2 Å². The number of carboxylic acid groups (broad SMARTS) is 1. The second-order valence-corrected chi connectivity index (χ2v) is 5.56. The highest BCUT2D eigenvalue weighted by molar-refractivity contribution is 5.89. The van der Waals surface area contributed by atoms with Crippen LogP contribution in [0.2, 0.25) is 0 Å². The third-order valence-corrected chi connectivity index (χ3v) is 3.81. The van der Waals surface area contributed by atoms with Gasteiger partial charge < -0.3 is 10.4 Å². The fourth-order valence-electron chi connectivity index (χ4n) is 2.49. The van der Waals surface area contributed by atoms with Crippen molar-refractivity contribution in [1.29, 1.82) is 0 Å². The highest BCUT2D eigenvalue weighted by Gasteiger charge is 2.08. The van der Waals surface area contributed by atoms with Crippen LogP contribution in [0.5, 0.6) is 0 Å². The lowest BCUT2D eigenvalue weighted by Crippen LogP contribution is -2.21. The molecule has 2 rings (SSSR count). The van der Waals surface area contributed by atoms with E-state index >= 15 is 0 Å². The quantitative estimate of drug-likeness (QED) is 0.860. The number of hydrogen-bond donors (Lipinski definition) is 2. The molecule has 0 radical (unpaired) electrons. The predicted molar refractivity (Wildman–Crippen MR) is 88.1 cm³/mol. The summed E-state index contributed by atoms with van der Waals surface area (Å²) in [4.78, 5) is 10.9. The number of aryl methyl sites for hydroxylation is 2. The Morgan fingerprint density at radius 1 is 1.19 bits per heavy atom. The van der Waals surface area contributed by atoms with E-state index in [1.807, 2.05) is 19.1 Å². The predicted octanol–water partition coefficient (Wildman–Crippen LogP) is 4.05. The van der Waals surface area contributed by atoms with Crippen LogP contribution in [0.3, 0.4) is 0 Å². The maximum Gasteiger partial charge on any atom is 0.335 e. The first kappa shape index (κ1) is 17.7. The van der Waals surface area contributed by atoms with E-state index in [4.69, 9.17) is 5.11 Å². The largest absolute Gasteiger partial charge is 0.478 e. The molecule has 1 aromatic carbocycles. The van der Waals surface area contributed by atoms with Crippen molar-refractivity contribution < 1.29 is 9.90 Å². The van der Waals surface area contributed by atoms with Crippen molar-refractivity contribution >= 4 is 5.97 Å². The summed E-state index contributed by atoms with van der Waals surface area (Å²) in [5.74, 6) is -0.825. The standard InChI is InChI=1S/C13H18O2.C5H11N/c1-3-5-6-10-7-8-12(13(14)15)11(4-2)9-10;1-2-4-6-5-3-1/h7-9H,3-6H2,1-2H3,(H,14,15);6H,1-5H2. The Labute approximate surface area is 128 Å². The number of nitrogens with one attached hydrogen (secondary N) is 1. The normalized spacial score (nSPS) is 14.2. The van der Waals surface area contributed by atoms with Gasteiger partial charge in [-0.15, -0.1) is 0 Å². The van der Waals surface area contributed by atoms with Crippen LogP contribution in [0.15, 0.2) is 18.2 Å². The van der Waals surface area contributed by atoms with E-state index in [-0.39, 0.29) is 0 Å². The number of carbonyl (C=O) groups is 1. The first-order chi connectivity index (χ1) is 10.2. The van der Waals surface area contributed by atoms with Gasteiger partial charge >= 0.3 is 5.97 Å². The molecule has 3 heteroatoms. The maximum absolute atomic E-state index is 10.9. The molecule has 0 spiro atoms. The van der Waals surface area contributed by atoms with Gasteiger partial charge in [-0.3, -0.25) is 0 Å². The fraction of sp³-hybridized carbons (Fsp3) is 0.611. The van der Waals surface area contributed by atoms with Gasteiger partial charge in [-0.2, -0.15) is 0 Å². The van der Waals surface area contributed by atoms with Crippen molar-refractivity contribution in [2.24, 2.45) is 0 Å². The molecule has 1 aliphatic rings. The summed E-state index contributed by atoms with van der Waals surface area (Å²) in [6.45, 7) is 6.65. The lowest BCUT2D eigenvalue weighted by Gasteiger charge is -2.08. The second kappa shape index (κ2) is 10.4. The van der Waals surface area contributed by atoms with Gasteiger partial charge in [-0.05, 0) is 62.4 Å². The molecule has 1 fully saturated rings. The zero-order chi connectivity index (χ0) is 15.5. The molecule has 21 heavy (non-hydrogen) atoms. The zero-order valence-corrected chi connectivity index (χ0v) is 13.5. The van der Waals surface area contributed by atoms with Gasteiger partial charge in [0.25, 0.3) is 0 Å². The topological polar surface area (TPSA) is 49.3 Å². The lowest BCUT2D eigenvalue weighted by atomic mass is 9.99. The van der Waals surface area contributed by atoms with Crippen LogP contribution in [0, 0.1) is 0 Å². The highest BCUT2D eigenvalue weighted by Crippen LogP contribution is 2.15. The summed E-state index contributed by atoms with van der Waals surface area (Å²) in [5, 5.41) is 12.2. The van der Waals surface area contributed by atoms with Gasteiger partial charge in [0.1, 0.15) is 0 Å². The Bertz CT molecular complexity index is 414. The number of rotatable bonds is 5. The number of unbranched alkanes of at least 4 members (excludes halogenated alkanes) is 1. The van der Waals surface area contributed by atoms with Gasteiger partial charge in [0.2, 0.25) is 0 Å². The smallest absolute Gasteiger partial charge is 0.335 e. The maximum atomic E-state index is 10.9. The van der Waals surface area contributed by atoms with E-state index in [1.165, 1.54) is 44.3 Å². The van der Waals surface area contributed by atoms with Crippen LogP contribution in [0.1, 0.15) is 67.4 Å². The van der Waals surface area contributed by atoms with E-state index in [0.717, 1.165) is 24.8 Å². The molecular weight excluding hydrogens is 262 g/mol. The van der Waals surface area contributed by atoms with Crippen LogP contribution in [0.4, 0.5) is 0 Å². The molecule has 1 aliphatic heterocycles. The van der Waals surface area contributed by atoms with E-state index < -0.39 is 5.97 Å². The van der Waals surface area contributed by atoms with E-state index in [9.17, 15) is 4.79 Å². The van der Waals surface area contributed by atoms with Crippen molar-refractivity contribution in [3.63, 3.8) is 0 Å². The van der Waals surface area contributed by atoms with Crippen LogP contribution in [-0.2, 0) is 12.8 Å². The number of benzene rings is 1. The average molecular weight is 291 g/mol. The Morgan fingerprint density at radius 2 is 1.90 bits per heavy atom. The Kier molecular flexibility index (Phi) is 8.76. The molecule has 1 heterocycles. The number of carboxylic acids is 1. The first-order valence-corrected chi connectivity index (χ1v) is 8.24. The SMILES string of the molecule is C1CCNCC1.CCCCc1ccc(C(=O)O)c(CC)c1. The van der Waals surface area contributed by atoms with Crippen molar-refractivity contribution in [2.45, 2.75) is 58.8 Å². The van der Waals surface area contributed by atoms with Crippen LogP contribution in [-0.4, -0.2) is 24.2 Å². The summed E-state index contributed by atoms with van der Waals surface area (Å²) >= 11 is 0. The molecule has 0 atom stereocenters. The molecular formula is C18H29NO2. The summed E-state index contributed by atoms with van der Waals surface area (Å²) in [6, 6.07) is 5.68. The van der Waals surface area contributed by atoms with Crippen molar-refractivity contribution in [3.05, 3.63) is 34.9 Å². The zero-order valence-electron chi connectivity index (χ0n) is 13.5. The van der Waals surface area contributed by atoms with E-state index in [0.29, 0.717) is 5.56 Å². The molecule has 3 nitrogen and oxygen atoms in total. The Hall–Kier alpha value is -1.35. The third-order valence-electron chi connectivity index (χ3n) is 3.81. The first-order valence-electron chi connectivity index (χ1n) is 8.24. The van der Waals surface area contributed by atoms with Gasteiger partial charge in [-0.1, -0.05) is 38.8 Å². The molecule has 1 aromatic rings. The highest BCUT2D eigenvalue weighted by atomic mass is 16.4. The average Bonchev–Trinajstić information content (AvgIpc) is 2.54. The summed E-state index contributed by atoms with van der Waals surface area (Å²) in [5.41, 5.74) is 2.63. The number of aromatic carboxylic acids is 1. The Balaban J connectivity index is 0.000000304. The van der Waals surface area contributed by atoms with Crippen LogP contribution < -0.4 is 5.32 Å². The minimum Gasteiger partial charge on any atom is -0.478 e. The molecule has 1 saturated heterocycles. The molecule has 0 aromatic heterocycles. The second-order valence-electron chi connectivity index (χ2n) is 5.56. The molecule has 0 aliphatic carbocycles. The fourth-order valence-corrected chi connectivity index (χ4v) is 2.49. The molecule has 0 unspecified atom stereocenters. The minimum atomic E-state index is -0.825. The Morgan fingerprint density at radius 3 is 2.33 bits per heavy atom. The van der Waals surface area contributed by atoms with Gasteiger partial charge in [0.05, 0.1) is 5.56 Å². The summed E-state index contributed by atoms with van der Waals surface area (Å²) in [7, 11) is 0. The van der Waals surface area contributed by atoms with Crippen LogP contribution in [0.25, 0.3) is 0 Å². The van der Waals surface area contributed by atoms with Crippen LogP contribution >= 0.6 is 0 Å². The van der Waals surface area contributed by atoms with Crippen molar-refractivity contribution in [1.82, 2.24) is 5.32 Å². The number of piperidine rings is 1. The van der Waals surface area contributed by atoms with E-state index in [1.54, 1.807) is 6.07 Å². The third kappa shape index (κ3) is 6.76. The molecule has 118 valence electrons. The monoisotopic (exact) mass is 291 g/mol. The van der Waals surface area contributed by atoms with Gasteiger partial charge in [0.15, 0.2) is 0 Å².